The minimum Gasteiger partial charge on any atom is -0.493 e. The molecule has 0 radical (unpaired) electrons. The summed E-state index contributed by atoms with van der Waals surface area (Å²) in [6, 6.07) is 6.38. The molecule has 1 aromatic carbocycles. The molecule has 0 saturated carbocycles. The van der Waals surface area contributed by atoms with E-state index in [9.17, 15) is 0 Å². The van der Waals surface area contributed by atoms with Gasteiger partial charge in [-0.2, -0.15) is 0 Å². The number of rotatable bonds is 3. The second-order valence-electron chi connectivity index (χ2n) is 4.47. The maximum Gasteiger partial charge on any atom is 0.122 e. The zero-order valence-corrected chi connectivity index (χ0v) is 9.37. The smallest absolute Gasteiger partial charge is 0.122 e. The van der Waals surface area contributed by atoms with E-state index < -0.39 is 0 Å². The molecule has 0 aromatic heterocycles. The molecule has 0 amide bonds. The van der Waals surface area contributed by atoms with Crippen molar-refractivity contribution in [2.24, 2.45) is 0 Å². The first-order chi connectivity index (χ1) is 7.92. The van der Waals surface area contributed by atoms with Crippen molar-refractivity contribution in [3.05, 3.63) is 29.3 Å². The van der Waals surface area contributed by atoms with Crippen LogP contribution in [-0.4, -0.2) is 25.8 Å². The summed E-state index contributed by atoms with van der Waals surface area (Å²) >= 11 is 0. The molecule has 2 aliphatic heterocycles. The number of nitrogens with one attached hydrogen (secondary N) is 1. The maximum absolute atomic E-state index is 5.85. The van der Waals surface area contributed by atoms with Crippen LogP contribution < -0.4 is 10.1 Å². The van der Waals surface area contributed by atoms with Gasteiger partial charge in [0.2, 0.25) is 0 Å². The summed E-state index contributed by atoms with van der Waals surface area (Å²) in [6.45, 7) is 3.63. The monoisotopic (exact) mass is 219 g/mol. The highest BCUT2D eigenvalue weighted by Gasteiger charge is 2.16. The molecule has 2 aliphatic rings. The minimum atomic E-state index is 0.393. The van der Waals surface area contributed by atoms with Gasteiger partial charge in [-0.25, -0.2) is 0 Å². The zero-order chi connectivity index (χ0) is 10.8. The van der Waals surface area contributed by atoms with Crippen molar-refractivity contribution >= 4 is 0 Å². The Kier molecular flexibility index (Phi) is 2.80. The third-order valence-corrected chi connectivity index (χ3v) is 3.25. The lowest BCUT2D eigenvalue weighted by Crippen LogP contribution is -2.16. The molecule has 0 spiro atoms. The Bertz CT molecular complexity index is 372. The van der Waals surface area contributed by atoms with E-state index in [4.69, 9.17) is 9.47 Å². The Labute approximate surface area is 95.8 Å². The molecule has 0 bridgehead atoms. The van der Waals surface area contributed by atoms with Gasteiger partial charge in [-0.05, 0) is 36.2 Å². The van der Waals surface area contributed by atoms with Crippen LogP contribution in [0.5, 0.6) is 5.75 Å². The lowest BCUT2D eigenvalue weighted by molar-refractivity contribution is 0.0542. The highest BCUT2D eigenvalue weighted by atomic mass is 16.5. The van der Waals surface area contributed by atoms with Crippen LogP contribution in [0.3, 0.4) is 0 Å². The molecule has 1 aromatic rings. The molecule has 3 rings (SSSR count). The molecule has 86 valence electrons. The van der Waals surface area contributed by atoms with Crippen molar-refractivity contribution in [1.82, 2.24) is 5.32 Å². The summed E-state index contributed by atoms with van der Waals surface area (Å²) in [7, 11) is 0. The minimum absolute atomic E-state index is 0.393. The van der Waals surface area contributed by atoms with Crippen molar-refractivity contribution < 1.29 is 9.47 Å². The first kappa shape index (κ1) is 10.1. The van der Waals surface area contributed by atoms with E-state index in [1.165, 1.54) is 11.1 Å². The van der Waals surface area contributed by atoms with Gasteiger partial charge in [0.15, 0.2) is 0 Å². The van der Waals surface area contributed by atoms with E-state index in [0.717, 1.165) is 44.9 Å². The van der Waals surface area contributed by atoms with E-state index in [2.05, 4.69) is 23.5 Å². The number of hydrogen-bond acceptors (Lipinski definition) is 3. The Morgan fingerprint density at radius 2 is 2.44 bits per heavy atom. The second-order valence-corrected chi connectivity index (χ2v) is 4.47. The molecule has 0 aliphatic carbocycles. The van der Waals surface area contributed by atoms with Crippen molar-refractivity contribution in [3.63, 3.8) is 0 Å². The van der Waals surface area contributed by atoms with E-state index in [1.807, 2.05) is 0 Å². The summed E-state index contributed by atoms with van der Waals surface area (Å²) in [4.78, 5) is 0. The summed E-state index contributed by atoms with van der Waals surface area (Å²) in [5, 5.41) is 3.31. The van der Waals surface area contributed by atoms with Crippen LogP contribution in [0, 0.1) is 0 Å². The van der Waals surface area contributed by atoms with Crippen molar-refractivity contribution in [1.29, 1.82) is 0 Å². The standard InChI is InChI=1S/C13H17NO2/c1-2-13-11(4-6-15-13)7-10(1)9-16-12-3-5-14-8-12/h1-2,7,12,14H,3-6,8-9H2. The topological polar surface area (TPSA) is 30.5 Å². The number of fused-ring (bicyclic) bond motifs is 1. The number of ether oxygens (including phenoxy) is 2. The van der Waals surface area contributed by atoms with Crippen LogP contribution in [0.25, 0.3) is 0 Å². The molecule has 2 heterocycles. The van der Waals surface area contributed by atoms with Gasteiger partial charge in [0, 0.05) is 13.0 Å². The zero-order valence-electron chi connectivity index (χ0n) is 9.37. The van der Waals surface area contributed by atoms with Crippen molar-refractivity contribution in [2.75, 3.05) is 19.7 Å². The average Bonchev–Trinajstić information content (AvgIpc) is 2.97. The predicted octanol–water partition coefficient (Wildman–Crippen LogP) is 1.50. The molecule has 1 N–H and O–H groups in total. The summed E-state index contributed by atoms with van der Waals surface area (Å²) < 4.78 is 11.3. The number of hydrogen-bond donors (Lipinski definition) is 1. The van der Waals surface area contributed by atoms with Gasteiger partial charge < -0.3 is 14.8 Å². The summed E-state index contributed by atoms with van der Waals surface area (Å²) in [6.07, 6.45) is 2.56. The maximum atomic E-state index is 5.85. The van der Waals surface area contributed by atoms with Crippen LogP contribution in [-0.2, 0) is 17.8 Å². The molecule has 1 unspecified atom stereocenters. The molecule has 3 nitrogen and oxygen atoms in total. The molecule has 1 atom stereocenters. The average molecular weight is 219 g/mol. The van der Waals surface area contributed by atoms with E-state index in [1.54, 1.807) is 0 Å². The normalized spacial score (nSPS) is 23.1. The molecular formula is C13H17NO2. The first-order valence-electron chi connectivity index (χ1n) is 5.99. The SMILES string of the molecule is c1cc2c(cc1COC1CCNC1)CCO2. The molecule has 3 heteroatoms. The Hall–Kier alpha value is -1.06. The first-order valence-corrected chi connectivity index (χ1v) is 5.99. The van der Waals surface area contributed by atoms with Gasteiger partial charge >= 0.3 is 0 Å². The van der Waals surface area contributed by atoms with Crippen LogP contribution >= 0.6 is 0 Å². The third kappa shape index (κ3) is 2.06. The van der Waals surface area contributed by atoms with Crippen molar-refractivity contribution in [2.45, 2.75) is 25.6 Å². The highest BCUT2D eigenvalue weighted by molar-refractivity contribution is 5.39. The largest absolute Gasteiger partial charge is 0.493 e. The Balaban J connectivity index is 1.61. The van der Waals surface area contributed by atoms with Crippen LogP contribution in [0.4, 0.5) is 0 Å². The van der Waals surface area contributed by atoms with Crippen LogP contribution in [0.2, 0.25) is 0 Å². The van der Waals surface area contributed by atoms with Crippen LogP contribution in [0.15, 0.2) is 18.2 Å². The van der Waals surface area contributed by atoms with E-state index in [0.29, 0.717) is 6.10 Å². The van der Waals surface area contributed by atoms with Gasteiger partial charge in [-0.3, -0.25) is 0 Å². The van der Waals surface area contributed by atoms with Gasteiger partial charge in [-0.15, -0.1) is 0 Å². The van der Waals surface area contributed by atoms with Gasteiger partial charge in [-0.1, -0.05) is 6.07 Å². The fourth-order valence-corrected chi connectivity index (χ4v) is 2.31. The van der Waals surface area contributed by atoms with Gasteiger partial charge in [0.1, 0.15) is 5.75 Å². The fraction of sp³-hybridized carbons (Fsp3) is 0.538. The summed E-state index contributed by atoms with van der Waals surface area (Å²) in [5.41, 5.74) is 2.58. The molecule has 1 saturated heterocycles. The van der Waals surface area contributed by atoms with E-state index in [-0.39, 0.29) is 0 Å². The van der Waals surface area contributed by atoms with Gasteiger partial charge in [0.05, 0.1) is 19.3 Å². The molecular weight excluding hydrogens is 202 g/mol. The van der Waals surface area contributed by atoms with Crippen molar-refractivity contribution in [3.8, 4) is 5.75 Å². The quantitative estimate of drug-likeness (QED) is 0.835. The van der Waals surface area contributed by atoms with Crippen LogP contribution in [0.1, 0.15) is 17.5 Å². The fourth-order valence-electron chi connectivity index (χ4n) is 2.31. The Morgan fingerprint density at radius 1 is 1.44 bits per heavy atom. The summed E-state index contributed by atoms with van der Waals surface area (Å²) in [5.74, 6) is 1.05. The predicted molar refractivity (Wildman–Crippen MR) is 61.7 cm³/mol. The molecule has 16 heavy (non-hydrogen) atoms. The lowest BCUT2D eigenvalue weighted by atomic mass is 10.1. The number of benzene rings is 1. The van der Waals surface area contributed by atoms with E-state index >= 15 is 0 Å². The lowest BCUT2D eigenvalue weighted by Gasteiger charge is -2.11. The molecule has 1 fully saturated rings. The van der Waals surface area contributed by atoms with Gasteiger partial charge in [0.25, 0.3) is 0 Å². The Morgan fingerprint density at radius 3 is 3.31 bits per heavy atom. The second kappa shape index (κ2) is 4.44. The third-order valence-electron chi connectivity index (χ3n) is 3.25. The highest BCUT2D eigenvalue weighted by Crippen LogP contribution is 2.26.